The normalized spacial score (nSPS) is 11.2. The number of carbonyl (C=O) groups is 2. The van der Waals surface area contributed by atoms with Crippen molar-refractivity contribution in [2.45, 2.75) is 25.7 Å². The zero-order valence-corrected chi connectivity index (χ0v) is 17.9. The van der Waals surface area contributed by atoms with Crippen molar-refractivity contribution in [3.8, 4) is 0 Å². The van der Waals surface area contributed by atoms with E-state index in [1.165, 1.54) is 20.2 Å². The molecule has 0 atom stereocenters. The van der Waals surface area contributed by atoms with Crippen molar-refractivity contribution in [3.63, 3.8) is 0 Å². The van der Waals surface area contributed by atoms with Gasteiger partial charge in [0.2, 0.25) is 10.0 Å². The van der Waals surface area contributed by atoms with Gasteiger partial charge in [-0.2, -0.15) is 0 Å². The van der Waals surface area contributed by atoms with E-state index < -0.39 is 22.0 Å². The molecule has 9 heteroatoms. The van der Waals surface area contributed by atoms with Crippen LogP contribution in [0.25, 0.3) is 0 Å². The smallest absolute Gasteiger partial charge is 0.411 e. The summed E-state index contributed by atoms with van der Waals surface area (Å²) in [6.07, 6.45) is -0.574. The van der Waals surface area contributed by atoms with Crippen LogP contribution in [0.1, 0.15) is 28.4 Å². The second kappa shape index (κ2) is 9.06. The van der Waals surface area contributed by atoms with Crippen molar-refractivity contribution in [1.82, 2.24) is 4.31 Å². The predicted molar refractivity (Wildman–Crippen MR) is 112 cm³/mol. The molecule has 0 aliphatic rings. The molecule has 0 saturated heterocycles. The van der Waals surface area contributed by atoms with Gasteiger partial charge < -0.3 is 10.1 Å². The fraction of sp³-hybridized carbons (Fsp3) is 0.300. The van der Waals surface area contributed by atoms with E-state index in [-0.39, 0.29) is 11.5 Å². The van der Waals surface area contributed by atoms with Gasteiger partial charge in [-0.25, -0.2) is 17.5 Å². The SMILES string of the molecule is CCOC(=O)Nc1ccc(C(=O)Nc2cc(S(=O)(=O)N(C)C)cc(C)c2C)cc1. The van der Waals surface area contributed by atoms with Gasteiger partial charge in [-0.3, -0.25) is 10.1 Å². The van der Waals surface area contributed by atoms with Gasteiger partial charge >= 0.3 is 6.09 Å². The zero-order chi connectivity index (χ0) is 21.8. The minimum atomic E-state index is -3.63. The van der Waals surface area contributed by atoms with Crippen LogP contribution in [0, 0.1) is 13.8 Å². The minimum absolute atomic E-state index is 0.106. The maximum absolute atomic E-state index is 12.6. The Morgan fingerprint density at radius 1 is 1.03 bits per heavy atom. The van der Waals surface area contributed by atoms with E-state index in [0.29, 0.717) is 16.9 Å². The molecule has 156 valence electrons. The quantitative estimate of drug-likeness (QED) is 0.747. The molecule has 0 heterocycles. The van der Waals surface area contributed by atoms with E-state index in [1.807, 2.05) is 6.92 Å². The molecule has 0 unspecified atom stereocenters. The average Bonchev–Trinajstić information content (AvgIpc) is 2.65. The Balaban J connectivity index is 2.24. The highest BCUT2D eigenvalue weighted by Crippen LogP contribution is 2.26. The monoisotopic (exact) mass is 419 g/mol. The number of ether oxygens (including phenoxy) is 1. The molecule has 0 aromatic heterocycles. The van der Waals surface area contributed by atoms with Gasteiger partial charge in [-0.15, -0.1) is 0 Å². The summed E-state index contributed by atoms with van der Waals surface area (Å²) in [7, 11) is -0.725. The largest absolute Gasteiger partial charge is 0.450 e. The summed E-state index contributed by atoms with van der Waals surface area (Å²) in [4.78, 5) is 24.2. The number of benzene rings is 2. The summed E-state index contributed by atoms with van der Waals surface area (Å²) in [5.74, 6) is -0.394. The third-order valence-electron chi connectivity index (χ3n) is 4.34. The van der Waals surface area contributed by atoms with Crippen molar-refractivity contribution < 1.29 is 22.7 Å². The minimum Gasteiger partial charge on any atom is -0.450 e. The number of hydrogen-bond acceptors (Lipinski definition) is 5. The van der Waals surface area contributed by atoms with Crippen molar-refractivity contribution in [3.05, 3.63) is 53.1 Å². The van der Waals surface area contributed by atoms with E-state index in [2.05, 4.69) is 10.6 Å². The highest BCUT2D eigenvalue weighted by Gasteiger charge is 2.20. The third-order valence-corrected chi connectivity index (χ3v) is 6.13. The number of nitrogens with zero attached hydrogens (tertiary/aromatic N) is 1. The number of aryl methyl sites for hydroxylation is 1. The van der Waals surface area contributed by atoms with Crippen LogP contribution in [0.5, 0.6) is 0 Å². The summed E-state index contributed by atoms with van der Waals surface area (Å²) in [6.45, 7) is 5.56. The number of hydrogen-bond donors (Lipinski definition) is 2. The molecule has 0 radical (unpaired) electrons. The summed E-state index contributed by atoms with van der Waals surface area (Å²) < 4.78 is 30.8. The second-order valence-electron chi connectivity index (χ2n) is 6.58. The number of amides is 2. The highest BCUT2D eigenvalue weighted by atomic mass is 32.2. The first-order chi connectivity index (χ1) is 13.6. The number of sulfonamides is 1. The molecule has 8 nitrogen and oxygen atoms in total. The third kappa shape index (κ3) is 5.33. The number of anilines is 2. The Bertz CT molecular complexity index is 1020. The van der Waals surface area contributed by atoms with Gasteiger partial charge in [0.05, 0.1) is 11.5 Å². The van der Waals surface area contributed by atoms with Gasteiger partial charge in [0.25, 0.3) is 5.91 Å². The predicted octanol–water partition coefficient (Wildman–Crippen LogP) is 3.37. The van der Waals surface area contributed by atoms with Gasteiger partial charge in [-0.1, -0.05) is 0 Å². The fourth-order valence-corrected chi connectivity index (χ4v) is 3.51. The van der Waals surface area contributed by atoms with Crippen LogP contribution >= 0.6 is 0 Å². The van der Waals surface area contributed by atoms with Crippen LogP contribution in [0.3, 0.4) is 0 Å². The first-order valence-electron chi connectivity index (χ1n) is 8.95. The lowest BCUT2D eigenvalue weighted by atomic mass is 10.1. The van der Waals surface area contributed by atoms with Crippen LogP contribution in [-0.4, -0.2) is 45.4 Å². The standard InChI is InChI=1S/C20H25N3O5S/c1-6-28-20(25)21-16-9-7-15(8-10-16)19(24)22-18-12-17(11-13(2)14(18)3)29(26,27)23(4)5/h7-12H,6H2,1-5H3,(H,21,25)(H,22,24). The topological polar surface area (TPSA) is 105 Å². The van der Waals surface area contributed by atoms with Gasteiger partial charge in [-0.05, 0) is 68.3 Å². The lowest BCUT2D eigenvalue weighted by molar-refractivity contribution is 0.102. The highest BCUT2D eigenvalue weighted by molar-refractivity contribution is 7.89. The van der Waals surface area contributed by atoms with Gasteiger partial charge in [0.15, 0.2) is 0 Å². The fourth-order valence-electron chi connectivity index (χ4n) is 2.50. The molecule has 0 spiro atoms. The molecular formula is C20H25N3O5S. The molecule has 2 rings (SSSR count). The Labute approximate surface area is 170 Å². The summed E-state index contributed by atoms with van der Waals surface area (Å²) in [5, 5.41) is 5.31. The Morgan fingerprint density at radius 3 is 2.21 bits per heavy atom. The first-order valence-corrected chi connectivity index (χ1v) is 10.4. The van der Waals surface area contributed by atoms with Crippen LogP contribution in [0.15, 0.2) is 41.3 Å². The molecule has 29 heavy (non-hydrogen) atoms. The molecule has 2 N–H and O–H groups in total. The second-order valence-corrected chi connectivity index (χ2v) is 8.73. The van der Waals surface area contributed by atoms with Crippen molar-refractivity contribution >= 4 is 33.4 Å². The summed E-state index contributed by atoms with van der Waals surface area (Å²) in [5.41, 5.74) is 2.79. The maximum Gasteiger partial charge on any atom is 0.411 e. The van der Waals surface area contributed by atoms with Crippen LogP contribution in [0.2, 0.25) is 0 Å². The lowest BCUT2D eigenvalue weighted by Gasteiger charge is -2.16. The van der Waals surface area contributed by atoms with Crippen molar-refractivity contribution in [2.24, 2.45) is 0 Å². The summed E-state index contributed by atoms with van der Waals surface area (Å²) in [6, 6.07) is 9.30. The number of nitrogens with one attached hydrogen (secondary N) is 2. The average molecular weight is 420 g/mol. The molecule has 0 bridgehead atoms. The molecule has 0 aliphatic carbocycles. The molecular weight excluding hydrogens is 394 g/mol. The van der Waals surface area contributed by atoms with Gasteiger partial charge in [0, 0.05) is 31.0 Å². The molecule has 0 fully saturated rings. The van der Waals surface area contributed by atoms with E-state index in [1.54, 1.807) is 44.2 Å². The van der Waals surface area contributed by atoms with E-state index in [4.69, 9.17) is 4.74 Å². The molecule has 2 aromatic rings. The first kappa shape index (κ1) is 22.4. The number of rotatable bonds is 6. The van der Waals surface area contributed by atoms with Gasteiger partial charge in [0.1, 0.15) is 0 Å². The van der Waals surface area contributed by atoms with Crippen molar-refractivity contribution in [2.75, 3.05) is 31.3 Å². The van der Waals surface area contributed by atoms with E-state index in [0.717, 1.165) is 15.4 Å². The van der Waals surface area contributed by atoms with E-state index in [9.17, 15) is 18.0 Å². The Kier molecular flexibility index (Phi) is 6.99. The Morgan fingerprint density at radius 2 is 1.66 bits per heavy atom. The van der Waals surface area contributed by atoms with E-state index >= 15 is 0 Å². The van der Waals surface area contributed by atoms with Crippen LogP contribution < -0.4 is 10.6 Å². The lowest BCUT2D eigenvalue weighted by Crippen LogP contribution is -2.23. The van der Waals surface area contributed by atoms with Crippen LogP contribution in [0.4, 0.5) is 16.2 Å². The summed E-state index contributed by atoms with van der Waals surface area (Å²) >= 11 is 0. The zero-order valence-electron chi connectivity index (χ0n) is 17.1. The van der Waals surface area contributed by atoms with Crippen LogP contribution in [-0.2, 0) is 14.8 Å². The molecule has 2 amide bonds. The molecule has 0 saturated carbocycles. The molecule has 0 aliphatic heterocycles. The number of carbonyl (C=O) groups excluding carboxylic acids is 2. The van der Waals surface area contributed by atoms with Crippen molar-refractivity contribution in [1.29, 1.82) is 0 Å². The maximum atomic E-state index is 12.6. The Hall–Kier alpha value is -2.91. The molecule has 2 aromatic carbocycles.